The fraction of sp³-hybridized carbons (Fsp3) is 0.250. The largest absolute Gasteiger partial charge is 0.382 e. The topological polar surface area (TPSA) is 24.1 Å². The SMILES string of the molecule is Fc1cc2c(cc1Br)NCCN2. The van der Waals surface area contributed by atoms with Gasteiger partial charge in [0.05, 0.1) is 15.8 Å². The zero-order chi connectivity index (χ0) is 8.55. The Morgan fingerprint density at radius 3 is 2.42 bits per heavy atom. The van der Waals surface area contributed by atoms with Gasteiger partial charge in [0.15, 0.2) is 0 Å². The molecule has 1 aliphatic rings. The van der Waals surface area contributed by atoms with E-state index in [-0.39, 0.29) is 5.82 Å². The van der Waals surface area contributed by atoms with Crippen molar-refractivity contribution in [2.24, 2.45) is 0 Å². The first-order valence-corrected chi connectivity index (χ1v) is 4.53. The molecule has 0 saturated heterocycles. The lowest BCUT2D eigenvalue weighted by Gasteiger charge is -2.19. The normalized spacial score (nSPS) is 14.5. The standard InChI is InChI=1S/C8H8BrFN2/c9-5-3-7-8(4-6(5)10)12-2-1-11-7/h3-4,11-12H,1-2H2. The van der Waals surface area contributed by atoms with E-state index in [0.29, 0.717) is 4.47 Å². The van der Waals surface area contributed by atoms with E-state index in [0.717, 1.165) is 24.5 Å². The molecule has 2 N–H and O–H groups in total. The van der Waals surface area contributed by atoms with Crippen LogP contribution in [0.5, 0.6) is 0 Å². The van der Waals surface area contributed by atoms with Gasteiger partial charge >= 0.3 is 0 Å². The van der Waals surface area contributed by atoms with Gasteiger partial charge in [0.25, 0.3) is 0 Å². The molecule has 0 amide bonds. The van der Waals surface area contributed by atoms with Crippen molar-refractivity contribution in [1.29, 1.82) is 0 Å². The van der Waals surface area contributed by atoms with E-state index >= 15 is 0 Å². The molecule has 0 radical (unpaired) electrons. The van der Waals surface area contributed by atoms with Crippen molar-refractivity contribution in [3.8, 4) is 0 Å². The highest BCUT2D eigenvalue weighted by Gasteiger charge is 2.10. The van der Waals surface area contributed by atoms with Gasteiger partial charge in [0.1, 0.15) is 5.82 Å². The van der Waals surface area contributed by atoms with Crippen LogP contribution in [0.25, 0.3) is 0 Å². The molecular formula is C8H8BrFN2. The van der Waals surface area contributed by atoms with Crippen LogP contribution in [0.15, 0.2) is 16.6 Å². The third-order valence-electron chi connectivity index (χ3n) is 1.82. The second-order valence-electron chi connectivity index (χ2n) is 2.67. The Labute approximate surface area is 78.3 Å². The van der Waals surface area contributed by atoms with Crippen molar-refractivity contribution < 1.29 is 4.39 Å². The van der Waals surface area contributed by atoms with Gasteiger partial charge in [0, 0.05) is 19.2 Å². The van der Waals surface area contributed by atoms with Crippen molar-refractivity contribution >= 4 is 27.3 Å². The molecule has 4 heteroatoms. The average Bonchev–Trinajstić information content (AvgIpc) is 2.07. The fourth-order valence-corrected chi connectivity index (χ4v) is 1.58. The molecule has 1 heterocycles. The molecule has 1 aromatic rings. The summed E-state index contributed by atoms with van der Waals surface area (Å²) in [5.41, 5.74) is 1.79. The summed E-state index contributed by atoms with van der Waals surface area (Å²) in [4.78, 5) is 0. The first-order valence-electron chi connectivity index (χ1n) is 3.74. The van der Waals surface area contributed by atoms with Gasteiger partial charge in [-0.25, -0.2) is 4.39 Å². The van der Waals surface area contributed by atoms with Crippen molar-refractivity contribution in [3.05, 3.63) is 22.4 Å². The predicted molar refractivity (Wildman–Crippen MR) is 51.1 cm³/mol. The van der Waals surface area contributed by atoms with Gasteiger partial charge in [-0.15, -0.1) is 0 Å². The molecule has 12 heavy (non-hydrogen) atoms. The zero-order valence-corrected chi connectivity index (χ0v) is 7.91. The molecule has 0 aromatic heterocycles. The minimum absolute atomic E-state index is 0.232. The molecule has 2 nitrogen and oxygen atoms in total. The van der Waals surface area contributed by atoms with Crippen molar-refractivity contribution in [2.75, 3.05) is 23.7 Å². The summed E-state index contributed by atoms with van der Waals surface area (Å²) in [6.45, 7) is 1.72. The molecule has 0 atom stereocenters. The number of nitrogens with one attached hydrogen (secondary N) is 2. The molecule has 2 rings (SSSR count). The maximum absolute atomic E-state index is 13.0. The average molecular weight is 231 g/mol. The molecule has 0 unspecified atom stereocenters. The third kappa shape index (κ3) is 1.27. The van der Waals surface area contributed by atoms with Crippen LogP contribution >= 0.6 is 15.9 Å². The summed E-state index contributed by atoms with van der Waals surface area (Å²) in [5.74, 6) is -0.232. The zero-order valence-electron chi connectivity index (χ0n) is 6.32. The Balaban J connectivity index is 2.49. The summed E-state index contributed by atoms with van der Waals surface area (Å²) >= 11 is 3.13. The second-order valence-corrected chi connectivity index (χ2v) is 3.52. The van der Waals surface area contributed by atoms with Gasteiger partial charge in [-0.2, -0.15) is 0 Å². The first-order chi connectivity index (χ1) is 5.77. The Morgan fingerprint density at radius 2 is 1.75 bits per heavy atom. The minimum atomic E-state index is -0.232. The van der Waals surface area contributed by atoms with E-state index in [1.54, 1.807) is 6.07 Å². The third-order valence-corrected chi connectivity index (χ3v) is 2.42. The van der Waals surface area contributed by atoms with Gasteiger partial charge in [-0.1, -0.05) is 0 Å². The number of benzene rings is 1. The van der Waals surface area contributed by atoms with Gasteiger partial charge in [-0.05, 0) is 22.0 Å². The van der Waals surface area contributed by atoms with Crippen molar-refractivity contribution in [3.63, 3.8) is 0 Å². The summed E-state index contributed by atoms with van der Waals surface area (Å²) in [6, 6.07) is 3.24. The summed E-state index contributed by atoms with van der Waals surface area (Å²) in [7, 11) is 0. The number of rotatable bonds is 0. The maximum atomic E-state index is 13.0. The van der Waals surface area contributed by atoms with Gasteiger partial charge in [0.2, 0.25) is 0 Å². The summed E-state index contributed by atoms with van der Waals surface area (Å²) in [6.07, 6.45) is 0. The molecule has 0 bridgehead atoms. The molecule has 0 spiro atoms. The number of anilines is 2. The van der Waals surface area contributed by atoms with Crippen molar-refractivity contribution in [2.45, 2.75) is 0 Å². The molecule has 1 aliphatic heterocycles. The predicted octanol–water partition coefficient (Wildman–Crippen LogP) is 2.43. The van der Waals surface area contributed by atoms with Crippen LogP contribution in [-0.4, -0.2) is 13.1 Å². The van der Waals surface area contributed by atoms with E-state index in [4.69, 9.17) is 0 Å². The van der Waals surface area contributed by atoms with Crippen LogP contribution in [-0.2, 0) is 0 Å². The van der Waals surface area contributed by atoms with Crippen LogP contribution in [0.2, 0.25) is 0 Å². The van der Waals surface area contributed by atoms with E-state index < -0.39 is 0 Å². The Morgan fingerprint density at radius 1 is 1.17 bits per heavy atom. The highest BCUT2D eigenvalue weighted by Crippen LogP contribution is 2.30. The number of halogens is 2. The Hall–Kier alpha value is -0.770. The van der Waals surface area contributed by atoms with Gasteiger partial charge in [-0.3, -0.25) is 0 Å². The highest BCUT2D eigenvalue weighted by molar-refractivity contribution is 9.10. The quantitative estimate of drug-likeness (QED) is 0.716. The lowest BCUT2D eigenvalue weighted by atomic mass is 10.2. The van der Waals surface area contributed by atoms with Crippen LogP contribution in [0, 0.1) is 5.82 Å². The van der Waals surface area contributed by atoms with Crippen LogP contribution in [0.1, 0.15) is 0 Å². The van der Waals surface area contributed by atoms with E-state index in [2.05, 4.69) is 26.6 Å². The molecule has 0 saturated carbocycles. The molecule has 0 aliphatic carbocycles. The monoisotopic (exact) mass is 230 g/mol. The van der Waals surface area contributed by atoms with Gasteiger partial charge < -0.3 is 10.6 Å². The van der Waals surface area contributed by atoms with Crippen molar-refractivity contribution in [1.82, 2.24) is 0 Å². The second kappa shape index (κ2) is 2.94. The smallest absolute Gasteiger partial charge is 0.139 e. The van der Waals surface area contributed by atoms with E-state index in [9.17, 15) is 4.39 Å². The Bertz CT molecular complexity index is 283. The molecular weight excluding hydrogens is 223 g/mol. The van der Waals surface area contributed by atoms with E-state index in [1.165, 1.54) is 6.07 Å². The molecule has 64 valence electrons. The summed E-state index contributed by atoms with van der Waals surface area (Å²) < 4.78 is 13.5. The Kier molecular flexibility index (Phi) is 1.92. The molecule has 0 fully saturated rings. The minimum Gasteiger partial charge on any atom is -0.382 e. The number of hydrogen-bond acceptors (Lipinski definition) is 2. The lowest BCUT2D eigenvalue weighted by molar-refractivity contribution is 0.621. The number of hydrogen-bond donors (Lipinski definition) is 2. The highest BCUT2D eigenvalue weighted by atomic mass is 79.9. The fourth-order valence-electron chi connectivity index (χ4n) is 1.23. The van der Waals surface area contributed by atoms with Crippen LogP contribution < -0.4 is 10.6 Å². The van der Waals surface area contributed by atoms with Crippen LogP contribution in [0.3, 0.4) is 0 Å². The van der Waals surface area contributed by atoms with Crippen LogP contribution in [0.4, 0.5) is 15.8 Å². The lowest BCUT2D eigenvalue weighted by Crippen LogP contribution is -2.20. The van der Waals surface area contributed by atoms with E-state index in [1.807, 2.05) is 0 Å². The first kappa shape index (κ1) is 7.86. The maximum Gasteiger partial charge on any atom is 0.139 e. The number of fused-ring (bicyclic) bond motifs is 1. The molecule has 1 aromatic carbocycles. The summed E-state index contributed by atoms with van der Waals surface area (Å²) in [5, 5.41) is 6.28.